The van der Waals surface area contributed by atoms with Crippen LogP contribution in [-0.4, -0.2) is 42.2 Å². The summed E-state index contributed by atoms with van der Waals surface area (Å²) >= 11 is 5.02. The zero-order valence-electron chi connectivity index (χ0n) is 21.7. The van der Waals surface area contributed by atoms with Gasteiger partial charge in [0.05, 0.1) is 12.9 Å². The molecule has 1 unspecified atom stereocenters. The summed E-state index contributed by atoms with van der Waals surface area (Å²) in [4.78, 5) is 28.9. The molecule has 2 amide bonds. The van der Waals surface area contributed by atoms with Crippen molar-refractivity contribution < 1.29 is 14.3 Å². The van der Waals surface area contributed by atoms with Gasteiger partial charge in [-0.25, -0.2) is 0 Å². The van der Waals surface area contributed by atoms with Crippen molar-refractivity contribution in [2.24, 2.45) is 5.92 Å². The standard InChI is InChI=1S/C30H35BrN2O3S/c1-22(2)18-32-30(35)28(17-23-8-5-4-6-9-23)33(19-25-10-7-11-27(16-25)36-3)29(34)21-37-20-24-12-14-26(31)15-13-24/h4-16,22,28H,17-21H2,1-3H3,(H,32,35). The molecule has 0 heterocycles. The van der Waals surface area contributed by atoms with Gasteiger partial charge in [-0.1, -0.05) is 84.4 Å². The molecule has 7 heteroatoms. The predicted octanol–water partition coefficient (Wildman–Crippen LogP) is 6.10. The molecule has 0 bridgehead atoms. The lowest BCUT2D eigenvalue weighted by atomic mass is 10.0. The molecule has 0 fully saturated rings. The lowest BCUT2D eigenvalue weighted by Gasteiger charge is -2.32. The highest BCUT2D eigenvalue weighted by atomic mass is 79.9. The Balaban J connectivity index is 1.85. The third-order valence-electron chi connectivity index (χ3n) is 5.85. The zero-order chi connectivity index (χ0) is 26.6. The first-order valence-corrected chi connectivity index (χ1v) is 14.4. The van der Waals surface area contributed by atoms with Crippen LogP contribution in [0, 0.1) is 5.92 Å². The Hall–Kier alpha value is -2.77. The van der Waals surface area contributed by atoms with Crippen molar-refractivity contribution in [3.8, 4) is 5.75 Å². The highest BCUT2D eigenvalue weighted by Gasteiger charge is 2.30. The normalized spacial score (nSPS) is 11.7. The van der Waals surface area contributed by atoms with Crippen LogP contribution < -0.4 is 10.1 Å². The topological polar surface area (TPSA) is 58.6 Å². The maximum atomic E-state index is 13.7. The van der Waals surface area contributed by atoms with Crippen molar-refractivity contribution in [1.82, 2.24) is 10.2 Å². The van der Waals surface area contributed by atoms with E-state index in [2.05, 4.69) is 35.1 Å². The third-order valence-corrected chi connectivity index (χ3v) is 7.37. The van der Waals surface area contributed by atoms with E-state index in [0.29, 0.717) is 25.4 Å². The Kier molecular flexibility index (Phi) is 11.5. The van der Waals surface area contributed by atoms with Gasteiger partial charge in [-0.05, 0) is 46.9 Å². The molecule has 0 aromatic heterocycles. The number of ether oxygens (including phenoxy) is 1. The molecule has 37 heavy (non-hydrogen) atoms. The molecule has 3 rings (SSSR count). The fourth-order valence-electron chi connectivity index (χ4n) is 3.86. The smallest absolute Gasteiger partial charge is 0.243 e. The van der Waals surface area contributed by atoms with Gasteiger partial charge in [0.2, 0.25) is 11.8 Å². The highest BCUT2D eigenvalue weighted by Crippen LogP contribution is 2.21. The predicted molar refractivity (Wildman–Crippen MR) is 156 cm³/mol. The van der Waals surface area contributed by atoms with Crippen LogP contribution in [0.3, 0.4) is 0 Å². The molecule has 0 aliphatic carbocycles. The van der Waals surface area contributed by atoms with E-state index >= 15 is 0 Å². The van der Waals surface area contributed by atoms with Crippen LogP contribution in [0.25, 0.3) is 0 Å². The number of hydrogen-bond acceptors (Lipinski definition) is 4. The molecule has 5 nitrogen and oxygen atoms in total. The van der Waals surface area contributed by atoms with Gasteiger partial charge in [0.1, 0.15) is 11.8 Å². The molecule has 0 aliphatic rings. The fourth-order valence-corrected chi connectivity index (χ4v) is 5.00. The second kappa shape index (κ2) is 14.8. The summed E-state index contributed by atoms with van der Waals surface area (Å²) in [6.07, 6.45) is 0.442. The second-order valence-corrected chi connectivity index (χ2v) is 11.2. The summed E-state index contributed by atoms with van der Waals surface area (Å²) in [5.74, 6) is 1.83. The van der Waals surface area contributed by atoms with Crippen LogP contribution in [-0.2, 0) is 28.3 Å². The van der Waals surface area contributed by atoms with Crippen molar-refractivity contribution in [3.63, 3.8) is 0 Å². The number of halogens is 1. The van der Waals surface area contributed by atoms with Crippen LogP contribution in [0.5, 0.6) is 5.75 Å². The molecule has 196 valence electrons. The molecule has 0 saturated carbocycles. The molecule has 0 aliphatic heterocycles. The first kappa shape index (κ1) is 28.8. The molecular weight excluding hydrogens is 548 g/mol. The molecule has 3 aromatic carbocycles. The number of rotatable bonds is 13. The number of nitrogens with zero attached hydrogens (tertiary/aromatic N) is 1. The number of nitrogens with one attached hydrogen (secondary N) is 1. The minimum absolute atomic E-state index is 0.0643. The van der Waals surface area contributed by atoms with Gasteiger partial charge in [-0.15, -0.1) is 11.8 Å². The lowest BCUT2D eigenvalue weighted by Crippen LogP contribution is -2.51. The third kappa shape index (κ3) is 9.56. The average molecular weight is 584 g/mol. The van der Waals surface area contributed by atoms with Crippen LogP contribution >= 0.6 is 27.7 Å². The molecule has 0 radical (unpaired) electrons. The monoisotopic (exact) mass is 582 g/mol. The van der Waals surface area contributed by atoms with Crippen LogP contribution in [0.4, 0.5) is 0 Å². The van der Waals surface area contributed by atoms with E-state index in [1.807, 2.05) is 78.9 Å². The minimum Gasteiger partial charge on any atom is -0.497 e. The summed E-state index contributed by atoms with van der Waals surface area (Å²) in [6.45, 7) is 5.00. The zero-order valence-corrected chi connectivity index (χ0v) is 24.1. The molecular formula is C30H35BrN2O3S. The Morgan fingerprint density at radius 2 is 1.65 bits per heavy atom. The summed E-state index contributed by atoms with van der Waals surface area (Å²) < 4.78 is 6.42. The quantitative estimate of drug-likeness (QED) is 0.264. The minimum atomic E-state index is -0.631. The van der Waals surface area contributed by atoms with Crippen LogP contribution in [0.2, 0.25) is 0 Å². The van der Waals surface area contributed by atoms with Gasteiger partial charge in [0.25, 0.3) is 0 Å². The number of amides is 2. The van der Waals surface area contributed by atoms with E-state index in [0.717, 1.165) is 32.7 Å². The van der Waals surface area contributed by atoms with Crippen molar-refractivity contribution in [3.05, 3.63) is 100 Å². The number of methoxy groups -OCH3 is 1. The summed E-state index contributed by atoms with van der Waals surface area (Å²) in [5, 5.41) is 3.06. The molecule has 3 aromatic rings. The maximum absolute atomic E-state index is 13.7. The van der Waals surface area contributed by atoms with Crippen molar-refractivity contribution in [1.29, 1.82) is 0 Å². The molecule has 1 N–H and O–H groups in total. The van der Waals surface area contributed by atoms with E-state index in [9.17, 15) is 9.59 Å². The summed E-state index contributed by atoms with van der Waals surface area (Å²) in [5.41, 5.74) is 3.08. The number of benzene rings is 3. The Morgan fingerprint density at radius 3 is 2.32 bits per heavy atom. The molecule has 1 atom stereocenters. The van der Waals surface area contributed by atoms with Gasteiger partial charge < -0.3 is 15.0 Å². The number of carbonyl (C=O) groups is 2. The van der Waals surface area contributed by atoms with Gasteiger partial charge >= 0.3 is 0 Å². The van der Waals surface area contributed by atoms with E-state index in [-0.39, 0.29) is 17.6 Å². The van der Waals surface area contributed by atoms with Crippen molar-refractivity contribution >= 4 is 39.5 Å². The van der Waals surface area contributed by atoms with E-state index in [4.69, 9.17) is 4.74 Å². The second-order valence-electron chi connectivity index (χ2n) is 9.34. The van der Waals surface area contributed by atoms with E-state index in [1.165, 1.54) is 0 Å². The summed E-state index contributed by atoms with van der Waals surface area (Å²) in [7, 11) is 1.62. The van der Waals surface area contributed by atoms with Gasteiger partial charge in [0, 0.05) is 29.7 Å². The molecule has 0 spiro atoms. The maximum Gasteiger partial charge on any atom is 0.243 e. The van der Waals surface area contributed by atoms with Crippen LogP contribution in [0.15, 0.2) is 83.3 Å². The van der Waals surface area contributed by atoms with Gasteiger partial charge in [0.15, 0.2) is 0 Å². The van der Waals surface area contributed by atoms with Crippen LogP contribution in [0.1, 0.15) is 30.5 Å². The summed E-state index contributed by atoms with van der Waals surface area (Å²) in [6, 6.07) is 25.0. The largest absolute Gasteiger partial charge is 0.497 e. The van der Waals surface area contributed by atoms with Gasteiger partial charge in [-0.3, -0.25) is 9.59 Å². The molecule has 0 saturated heterocycles. The fraction of sp³-hybridized carbons (Fsp3) is 0.333. The highest BCUT2D eigenvalue weighted by molar-refractivity contribution is 9.10. The van der Waals surface area contributed by atoms with Gasteiger partial charge in [-0.2, -0.15) is 0 Å². The first-order chi connectivity index (χ1) is 17.9. The Morgan fingerprint density at radius 1 is 0.946 bits per heavy atom. The number of thioether (sulfide) groups is 1. The Labute approximate surface area is 233 Å². The van der Waals surface area contributed by atoms with E-state index < -0.39 is 6.04 Å². The average Bonchev–Trinajstić information content (AvgIpc) is 2.91. The number of hydrogen-bond donors (Lipinski definition) is 1. The SMILES string of the molecule is COc1cccc(CN(C(=O)CSCc2ccc(Br)cc2)C(Cc2ccccc2)C(=O)NCC(C)C)c1. The van der Waals surface area contributed by atoms with Crippen molar-refractivity contribution in [2.45, 2.75) is 38.6 Å². The Bertz CT molecular complexity index is 1140. The van der Waals surface area contributed by atoms with E-state index in [1.54, 1.807) is 23.8 Å². The lowest BCUT2D eigenvalue weighted by molar-refractivity contribution is -0.139. The first-order valence-electron chi connectivity index (χ1n) is 12.4. The number of carbonyl (C=O) groups excluding carboxylic acids is 2. The van der Waals surface area contributed by atoms with Crippen molar-refractivity contribution in [2.75, 3.05) is 19.4 Å².